The molecule has 1 unspecified atom stereocenters. The molecule has 0 saturated heterocycles. The van der Waals surface area contributed by atoms with E-state index in [1.807, 2.05) is 0 Å². The molecule has 68 valence electrons. The van der Waals surface area contributed by atoms with Crippen molar-refractivity contribution in [2.45, 2.75) is 31.4 Å². The lowest BCUT2D eigenvalue weighted by molar-refractivity contribution is 0.572. The van der Waals surface area contributed by atoms with E-state index in [0.717, 1.165) is 0 Å². The van der Waals surface area contributed by atoms with E-state index in [4.69, 9.17) is 11.6 Å². The third kappa shape index (κ3) is 4.61. The third-order valence-corrected chi connectivity index (χ3v) is 3.15. The SMILES string of the molecule is CC(Cl)CNS(=O)(=O)C(C)C. The Kier molecular flexibility index (Phi) is 4.36. The summed E-state index contributed by atoms with van der Waals surface area (Å²) in [6, 6.07) is 0. The van der Waals surface area contributed by atoms with Gasteiger partial charge in [0.25, 0.3) is 0 Å². The molecule has 0 aliphatic carbocycles. The molecule has 0 heterocycles. The van der Waals surface area contributed by atoms with Crippen molar-refractivity contribution in [1.29, 1.82) is 0 Å². The van der Waals surface area contributed by atoms with Gasteiger partial charge in [0, 0.05) is 11.9 Å². The molecule has 0 bridgehead atoms. The number of hydrogen-bond donors (Lipinski definition) is 1. The van der Waals surface area contributed by atoms with Crippen molar-refractivity contribution in [1.82, 2.24) is 4.72 Å². The molecule has 0 radical (unpaired) electrons. The molecule has 5 heteroatoms. The van der Waals surface area contributed by atoms with E-state index in [-0.39, 0.29) is 5.38 Å². The van der Waals surface area contributed by atoms with Gasteiger partial charge in [-0.05, 0) is 20.8 Å². The van der Waals surface area contributed by atoms with Crippen molar-refractivity contribution in [3.05, 3.63) is 0 Å². The molecule has 3 nitrogen and oxygen atoms in total. The first-order valence-electron chi connectivity index (χ1n) is 3.49. The van der Waals surface area contributed by atoms with Gasteiger partial charge in [-0.1, -0.05) is 0 Å². The van der Waals surface area contributed by atoms with Gasteiger partial charge in [0.05, 0.1) is 5.25 Å². The summed E-state index contributed by atoms with van der Waals surface area (Å²) in [6.45, 7) is 5.29. The number of rotatable bonds is 4. The van der Waals surface area contributed by atoms with Crippen molar-refractivity contribution in [3.63, 3.8) is 0 Å². The Morgan fingerprint density at radius 1 is 1.36 bits per heavy atom. The van der Waals surface area contributed by atoms with Gasteiger partial charge in [0.1, 0.15) is 0 Å². The van der Waals surface area contributed by atoms with Crippen LogP contribution in [0.1, 0.15) is 20.8 Å². The van der Waals surface area contributed by atoms with Crippen LogP contribution < -0.4 is 4.72 Å². The smallest absolute Gasteiger partial charge is 0.213 e. The second kappa shape index (κ2) is 4.28. The zero-order chi connectivity index (χ0) is 9.07. The van der Waals surface area contributed by atoms with Gasteiger partial charge in [-0.25, -0.2) is 13.1 Å². The fraction of sp³-hybridized carbons (Fsp3) is 1.00. The van der Waals surface area contributed by atoms with E-state index in [2.05, 4.69) is 4.72 Å². The minimum Gasteiger partial charge on any atom is -0.214 e. The summed E-state index contributed by atoms with van der Waals surface area (Å²) in [5, 5.41) is -0.554. The zero-order valence-electron chi connectivity index (χ0n) is 6.96. The maximum Gasteiger partial charge on any atom is 0.213 e. The largest absolute Gasteiger partial charge is 0.214 e. The molecular weight excluding hydrogens is 186 g/mol. The minimum atomic E-state index is -3.13. The van der Waals surface area contributed by atoms with Crippen LogP contribution in [0.25, 0.3) is 0 Å². The second-order valence-corrected chi connectivity index (χ2v) is 5.79. The Labute approximate surface area is 73.2 Å². The average Bonchev–Trinajstić information content (AvgIpc) is 1.84. The van der Waals surface area contributed by atoms with E-state index < -0.39 is 15.3 Å². The average molecular weight is 200 g/mol. The molecular formula is C6H14ClNO2S. The first-order valence-corrected chi connectivity index (χ1v) is 5.47. The Morgan fingerprint density at radius 3 is 2.09 bits per heavy atom. The lowest BCUT2D eigenvalue weighted by Crippen LogP contribution is -2.34. The number of alkyl halides is 1. The van der Waals surface area contributed by atoms with Gasteiger partial charge in [-0.2, -0.15) is 0 Å². The van der Waals surface area contributed by atoms with E-state index in [9.17, 15) is 8.42 Å². The van der Waals surface area contributed by atoms with Crippen LogP contribution in [0.3, 0.4) is 0 Å². The number of hydrogen-bond acceptors (Lipinski definition) is 2. The van der Waals surface area contributed by atoms with Crippen molar-refractivity contribution < 1.29 is 8.42 Å². The Bertz CT molecular complexity index is 199. The monoisotopic (exact) mass is 199 g/mol. The van der Waals surface area contributed by atoms with Crippen molar-refractivity contribution in [3.8, 4) is 0 Å². The van der Waals surface area contributed by atoms with Gasteiger partial charge in [0.15, 0.2) is 0 Å². The molecule has 0 aromatic carbocycles. The van der Waals surface area contributed by atoms with Crippen molar-refractivity contribution in [2.75, 3.05) is 6.54 Å². The highest BCUT2D eigenvalue weighted by atomic mass is 35.5. The minimum absolute atomic E-state index is 0.163. The highest BCUT2D eigenvalue weighted by molar-refractivity contribution is 7.90. The maximum absolute atomic E-state index is 11.1. The van der Waals surface area contributed by atoms with Crippen LogP contribution in [0.5, 0.6) is 0 Å². The van der Waals surface area contributed by atoms with E-state index in [0.29, 0.717) is 6.54 Å². The van der Waals surface area contributed by atoms with Gasteiger partial charge in [-0.15, -0.1) is 11.6 Å². The zero-order valence-corrected chi connectivity index (χ0v) is 8.54. The lowest BCUT2D eigenvalue weighted by atomic mass is 10.5. The molecule has 0 rings (SSSR count). The summed E-state index contributed by atoms with van der Waals surface area (Å²) in [6.07, 6.45) is 0. The van der Waals surface area contributed by atoms with Crippen molar-refractivity contribution in [2.24, 2.45) is 0 Å². The van der Waals surface area contributed by atoms with Gasteiger partial charge < -0.3 is 0 Å². The van der Waals surface area contributed by atoms with E-state index in [1.54, 1.807) is 20.8 Å². The summed E-state index contributed by atoms with van der Waals surface area (Å²) in [5.41, 5.74) is 0. The maximum atomic E-state index is 11.1. The Balaban J connectivity index is 3.95. The summed E-state index contributed by atoms with van der Waals surface area (Å²) >= 11 is 5.56. The Morgan fingerprint density at radius 2 is 1.82 bits per heavy atom. The Hall–Kier alpha value is 0.200. The molecule has 0 spiro atoms. The van der Waals surface area contributed by atoms with E-state index >= 15 is 0 Å². The van der Waals surface area contributed by atoms with Crippen LogP contribution in [0.4, 0.5) is 0 Å². The molecule has 0 amide bonds. The molecule has 0 aromatic rings. The quantitative estimate of drug-likeness (QED) is 0.686. The molecule has 0 aliphatic heterocycles. The first kappa shape index (κ1) is 11.2. The van der Waals surface area contributed by atoms with Crippen LogP contribution in [0, 0.1) is 0 Å². The molecule has 0 aliphatic rings. The normalized spacial score (nSPS) is 15.4. The molecule has 0 aromatic heterocycles. The fourth-order valence-corrected chi connectivity index (χ4v) is 1.38. The summed E-state index contributed by atoms with van der Waals surface area (Å²) < 4.78 is 24.5. The molecule has 0 saturated carbocycles. The van der Waals surface area contributed by atoms with Crippen LogP contribution in [-0.2, 0) is 10.0 Å². The lowest BCUT2D eigenvalue weighted by Gasteiger charge is -2.09. The molecule has 1 atom stereocenters. The van der Waals surface area contributed by atoms with Gasteiger partial charge >= 0.3 is 0 Å². The number of nitrogens with one attached hydrogen (secondary N) is 1. The standard InChI is InChI=1S/C6H14ClNO2S/c1-5(2)11(9,10)8-4-6(3)7/h5-6,8H,4H2,1-3H3. The van der Waals surface area contributed by atoms with Crippen LogP contribution in [-0.4, -0.2) is 25.6 Å². The first-order chi connectivity index (χ1) is 4.86. The summed E-state index contributed by atoms with van der Waals surface area (Å²) in [5.74, 6) is 0. The predicted molar refractivity (Wildman–Crippen MR) is 47.4 cm³/mol. The van der Waals surface area contributed by atoms with Crippen LogP contribution in [0.2, 0.25) is 0 Å². The topological polar surface area (TPSA) is 46.2 Å². The molecule has 11 heavy (non-hydrogen) atoms. The van der Waals surface area contributed by atoms with Crippen LogP contribution in [0.15, 0.2) is 0 Å². The van der Waals surface area contributed by atoms with Gasteiger partial charge in [-0.3, -0.25) is 0 Å². The fourth-order valence-electron chi connectivity index (χ4n) is 0.398. The summed E-state index contributed by atoms with van der Waals surface area (Å²) in [4.78, 5) is 0. The van der Waals surface area contributed by atoms with Gasteiger partial charge in [0.2, 0.25) is 10.0 Å². The number of sulfonamides is 1. The highest BCUT2D eigenvalue weighted by Gasteiger charge is 2.15. The van der Waals surface area contributed by atoms with Crippen LogP contribution >= 0.6 is 11.6 Å². The molecule has 0 fully saturated rings. The molecule has 1 N–H and O–H groups in total. The second-order valence-electron chi connectivity index (χ2n) is 2.72. The third-order valence-electron chi connectivity index (χ3n) is 1.19. The van der Waals surface area contributed by atoms with Crippen molar-refractivity contribution >= 4 is 21.6 Å². The number of halogens is 1. The summed E-state index contributed by atoms with van der Waals surface area (Å²) in [7, 11) is -3.13. The highest BCUT2D eigenvalue weighted by Crippen LogP contribution is 1.97. The van der Waals surface area contributed by atoms with E-state index in [1.165, 1.54) is 0 Å². The predicted octanol–water partition coefficient (Wildman–Crippen LogP) is 0.942.